The number of piperazine rings is 1. The second kappa shape index (κ2) is 9.34. The lowest BCUT2D eigenvalue weighted by Crippen LogP contribution is -2.45. The Hall–Kier alpha value is -2.81. The highest BCUT2D eigenvalue weighted by Crippen LogP contribution is 2.21. The van der Waals surface area contributed by atoms with Gasteiger partial charge in [-0.15, -0.1) is 0 Å². The quantitative estimate of drug-likeness (QED) is 0.746. The van der Waals surface area contributed by atoms with E-state index >= 15 is 0 Å². The Balaban J connectivity index is 1.55. The van der Waals surface area contributed by atoms with Crippen molar-refractivity contribution in [3.05, 3.63) is 29.7 Å². The minimum absolute atomic E-state index is 0.110. The normalized spacial score (nSPS) is 17.9. The number of rotatable bonds is 6. The summed E-state index contributed by atoms with van der Waals surface area (Å²) in [5.41, 5.74) is 0.504. The average molecular weight is 411 g/mol. The third kappa shape index (κ3) is 4.84. The van der Waals surface area contributed by atoms with Gasteiger partial charge in [-0.1, -0.05) is 19.8 Å². The number of aryl methyl sites for hydroxylation is 1. The lowest BCUT2D eigenvalue weighted by atomic mass is 10.2. The molecule has 2 aliphatic rings. The van der Waals surface area contributed by atoms with Crippen molar-refractivity contribution in [2.24, 2.45) is 0 Å². The predicted octanol–water partition coefficient (Wildman–Crippen LogP) is 2.00. The van der Waals surface area contributed by atoms with E-state index in [4.69, 9.17) is 0 Å². The summed E-state index contributed by atoms with van der Waals surface area (Å²) in [6, 6.07) is 3.80. The zero-order valence-electron chi connectivity index (χ0n) is 17.8. The van der Waals surface area contributed by atoms with Crippen molar-refractivity contribution >= 4 is 23.6 Å². The van der Waals surface area contributed by atoms with Crippen molar-refractivity contribution in [2.75, 3.05) is 43.4 Å². The van der Waals surface area contributed by atoms with Crippen LogP contribution in [0.5, 0.6) is 0 Å². The van der Waals surface area contributed by atoms with Crippen molar-refractivity contribution < 1.29 is 4.79 Å². The molecule has 160 valence electrons. The van der Waals surface area contributed by atoms with Gasteiger partial charge >= 0.3 is 0 Å². The van der Waals surface area contributed by atoms with E-state index in [1.807, 2.05) is 6.92 Å². The molecule has 30 heavy (non-hydrogen) atoms. The van der Waals surface area contributed by atoms with Gasteiger partial charge in [-0.25, -0.2) is 4.98 Å². The Kier molecular flexibility index (Phi) is 6.37. The van der Waals surface area contributed by atoms with Gasteiger partial charge in [0.25, 0.3) is 5.91 Å². The maximum Gasteiger partial charge on any atom is 0.255 e. The number of likely N-dealkylation sites (N-methyl/N-ethyl adjacent to an activating group) is 1. The first kappa shape index (κ1) is 20.5. The molecular formula is C21H30N8O. The largest absolute Gasteiger partial charge is 0.349 e. The van der Waals surface area contributed by atoms with Crippen LogP contribution in [0.3, 0.4) is 0 Å². The van der Waals surface area contributed by atoms with E-state index in [9.17, 15) is 4.79 Å². The molecule has 0 atom stereocenters. The van der Waals surface area contributed by atoms with E-state index in [1.54, 1.807) is 18.3 Å². The number of anilines is 3. The van der Waals surface area contributed by atoms with E-state index in [0.29, 0.717) is 35.5 Å². The van der Waals surface area contributed by atoms with Crippen LogP contribution in [0.15, 0.2) is 18.3 Å². The Labute approximate surface area is 177 Å². The molecule has 1 aliphatic carbocycles. The number of hydrogen-bond donors (Lipinski definition) is 2. The van der Waals surface area contributed by atoms with Gasteiger partial charge in [0, 0.05) is 44.8 Å². The highest BCUT2D eigenvalue weighted by atomic mass is 16.1. The number of hydrogen-bond acceptors (Lipinski definition) is 8. The van der Waals surface area contributed by atoms with Crippen molar-refractivity contribution in [3.63, 3.8) is 0 Å². The standard InChI is InChI=1S/C21H30N8O/c1-3-17-24-20(27-21(25-17)29-13-11-28(2)12-14-29)26-18-16(9-6-10-22-18)19(30)23-15-7-4-5-8-15/h6,9-10,15H,3-5,7-8,11-14H2,1-2H3,(H,23,30)(H,22,24,25,26,27). The molecule has 9 nitrogen and oxygen atoms in total. The van der Waals surface area contributed by atoms with E-state index < -0.39 is 0 Å². The van der Waals surface area contributed by atoms with E-state index in [2.05, 4.69) is 47.4 Å². The summed E-state index contributed by atoms with van der Waals surface area (Å²) in [4.78, 5) is 35.4. The highest BCUT2D eigenvalue weighted by molar-refractivity contribution is 5.99. The minimum Gasteiger partial charge on any atom is -0.349 e. The number of nitrogens with zero attached hydrogens (tertiary/aromatic N) is 6. The summed E-state index contributed by atoms with van der Waals surface area (Å²) in [5, 5.41) is 6.30. The van der Waals surface area contributed by atoms with Crippen LogP contribution in [0.25, 0.3) is 0 Å². The van der Waals surface area contributed by atoms with Gasteiger partial charge in [0.1, 0.15) is 11.6 Å². The zero-order chi connectivity index (χ0) is 20.9. The molecule has 1 saturated carbocycles. The molecule has 3 heterocycles. The molecule has 0 bridgehead atoms. The number of carbonyl (C=O) groups is 1. The van der Waals surface area contributed by atoms with Crippen LogP contribution in [0.1, 0.15) is 48.8 Å². The maximum atomic E-state index is 12.8. The molecule has 1 amide bonds. The van der Waals surface area contributed by atoms with E-state index in [1.165, 1.54) is 12.8 Å². The molecule has 0 unspecified atom stereocenters. The minimum atomic E-state index is -0.110. The summed E-state index contributed by atoms with van der Waals surface area (Å²) < 4.78 is 0. The second-order valence-corrected chi connectivity index (χ2v) is 8.00. The van der Waals surface area contributed by atoms with Crippen molar-refractivity contribution in [1.29, 1.82) is 0 Å². The van der Waals surface area contributed by atoms with Gasteiger partial charge in [-0.2, -0.15) is 15.0 Å². The molecule has 1 saturated heterocycles. The first-order valence-corrected chi connectivity index (χ1v) is 10.8. The molecule has 9 heteroatoms. The van der Waals surface area contributed by atoms with Crippen LogP contribution in [-0.2, 0) is 6.42 Å². The molecule has 2 fully saturated rings. The second-order valence-electron chi connectivity index (χ2n) is 8.00. The van der Waals surface area contributed by atoms with Crippen molar-refractivity contribution in [3.8, 4) is 0 Å². The summed E-state index contributed by atoms with van der Waals surface area (Å²) in [6.45, 7) is 5.72. The molecule has 4 rings (SSSR count). The number of amides is 1. The monoisotopic (exact) mass is 410 g/mol. The average Bonchev–Trinajstić information content (AvgIpc) is 3.27. The molecule has 0 spiro atoms. The molecule has 0 radical (unpaired) electrons. The first-order chi connectivity index (χ1) is 14.6. The van der Waals surface area contributed by atoms with Gasteiger partial charge in [-0.3, -0.25) is 4.79 Å². The van der Waals surface area contributed by atoms with Gasteiger partial charge in [0.05, 0.1) is 5.56 Å². The number of carbonyl (C=O) groups excluding carboxylic acids is 1. The third-order valence-corrected chi connectivity index (χ3v) is 5.75. The molecule has 0 aromatic carbocycles. The number of pyridine rings is 1. The molecule has 1 aliphatic heterocycles. The predicted molar refractivity (Wildman–Crippen MR) is 116 cm³/mol. The third-order valence-electron chi connectivity index (χ3n) is 5.75. The van der Waals surface area contributed by atoms with Gasteiger partial charge in [0.15, 0.2) is 0 Å². The smallest absolute Gasteiger partial charge is 0.255 e. The van der Waals surface area contributed by atoms with E-state index in [-0.39, 0.29) is 11.9 Å². The van der Waals surface area contributed by atoms with Crippen LogP contribution >= 0.6 is 0 Å². The lowest BCUT2D eigenvalue weighted by Gasteiger charge is -2.32. The SMILES string of the molecule is CCc1nc(Nc2ncccc2C(=O)NC2CCCC2)nc(N2CCN(C)CC2)n1. The van der Waals surface area contributed by atoms with Crippen LogP contribution in [-0.4, -0.2) is 70.0 Å². The highest BCUT2D eigenvalue weighted by Gasteiger charge is 2.22. The summed E-state index contributed by atoms with van der Waals surface area (Å²) in [6.07, 6.45) is 6.78. The van der Waals surface area contributed by atoms with E-state index in [0.717, 1.165) is 39.0 Å². The van der Waals surface area contributed by atoms with Gasteiger partial charge in [-0.05, 0) is 32.0 Å². The van der Waals surface area contributed by atoms with Crippen LogP contribution < -0.4 is 15.5 Å². The number of nitrogens with one attached hydrogen (secondary N) is 2. The fraction of sp³-hybridized carbons (Fsp3) is 0.571. The molecule has 2 aromatic heterocycles. The maximum absolute atomic E-state index is 12.8. The lowest BCUT2D eigenvalue weighted by molar-refractivity contribution is 0.0938. The Morgan fingerprint density at radius 3 is 2.63 bits per heavy atom. The van der Waals surface area contributed by atoms with Crippen molar-refractivity contribution in [1.82, 2.24) is 30.2 Å². The first-order valence-electron chi connectivity index (χ1n) is 10.8. The van der Waals surface area contributed by atoms with Crippen molar-refractivity contribution in [2.45, 2.75) is 45.1 Å². The topological polar surface area (TPSA) is 99.2 Å². The Bertz CT molecular complexity index is 875. The van der Waals surface area contributed by atoms with Gasteiger partial charge < -0.3 is 20.4 Å². The van der Waals surface area contributed by atoms with Crippen LogP contribution in [0.2, 0.25) is 0 Å². The van der Waals surface area contributed by atoms with Gasteiger partial charge in [0.2, 0.25) is 11.9 Å². The zero-order valence-corrected chi connectivity index (χ0v) is 17.8. The summed E-state index contributed by atoms with van der Waals surface area (Å²) >= 11 is 0. The Morgan fingerprint density at radius 2 is 1.90 bits per heavy atom. The van der Waals surface area contributed by atoms with Crippen LogP contribution in [0, 0.1) is 0 Å². The number of aromatic nitrogens is 4. The molecule has 2 aromatic rings. The summed E-state index contributed by atoms with van der Waals surface area (Å²) in [7, 11) is 2.12. The molecular weight excluding hydrogens is 380 g/mol. The van der Waals surface area contributed by atoms with Crippen LogP contribution in [0.4, 0.5) is 17.7 Å². The summed E-state index contributed by atoms with van der Waals surface area (Å²) in [5.74, 6) is 2.16. The Morgan fingerprint density at radius 1 is 1.13 bits per heavy atom. The fourth-order valence-electron chi connectivity index (χ4n) is 3.90. The fourth-order valence-corrected chi connectivity index (χ4v) is 3.90. The molecule has 2 N–H and O–H groups in total.